The zero-order valence-electron chi connectivity index (χ0n) is 8.53. The largest absolute Gasteiger partial charge is 0.293 e. The topological polar surface area (TPSA) is 60.2 Å². The second-order valence-electron chi connectivity index (χ2n) is 3.77. The Morgan fingerprint density at radius 2 is 2.18 bits per heavy atom. The Balaban J connectivity index is 2.07. The van der Waals surface area contributed by atoms with Gasteiger partial charge in [0.15, 0.2) is 5.78 Å². The van der Waals surface area contributed by atoms with Crippen LogP contribution in [0.5, 0.6) is 0 Å². The summed E-state index contributed by atoms with van der Waals surface area (Å²) in [4.78, 5) is 23.2. The normalized spacial score (nSPS) is 25.5. The van der Waals surface area contributed by atoms with Gasteiger partial charge in [0.1, 0.15) is 0 Å². The van der Waals surface area contributed by atoms with E-state index in [2.05, 4.69) is 0 Å². The molecule has 2 aliphatic rings. The van der Waals surface area contributed by atoms with Crippen LogP contribution in [-0.4, -0.2) is 21.2 Å². The standard InChI is InChI=1S/C11H7NO3S2/c13-10-7-5-6(12(14)15)1-2-8(7)17-9-3-4-16-11(9)10/h1-5,9,11H/t9-,11+/m0/s1. The predicted octanol–water partition coefficient (Wildman–Crippen LogP) is 2.88. The van der Waals surface area contributed by atoms with Gasteiger partial charge >= 0.3 is 0 Å². The summed E-state index contributed by atoms with van der Waals surface area (Å²) < 4.78 is 0. The van der Waals surface area contributed by atoms with E-state index < -0.39 is 4.92 Å². The van der Waals surface area contributed by atoms with Crippen molar-refractivity contribution in [1.29, 1.82) is 0 Å². The maximum atomic E-state index is 12.2. The fourth-order valence-corrected chi connectivity index (χ4v) is 4.44. The van der Waals surface area contributed by atoms with Crippen molar-refractivity contribution in [2.24, 2.45) is 0 Å². The molecule has 4 nitrogen and oxygen atoms in total. The zero-order valence-corrected chi connectivity index (χ0v) is 10.2. The quantitative estimate of drug-likeness (QED) is 0.577. The summed E-state index contributed by atoms with van der Waals surface area (Å²) in [5.74, 6) is 0.00227. The molecule has 0 saturated carbocycles. The minimum absolute atomic E-state index is 0.00227. The number of Topliss-reactive ketones (excluding diaryl/α,β-unsaturated/α-hetero) is 1. The molecule has 0 amide bonds. The summed E-state index contributed by atoms with van der Waals surface area (Å²) in [5, 5.41) is 12.7. The lowest BCUT2D eigenvalue weighted by atomic mass is 10.0. The number of carbonyl (C=O) groups is 1. The molecule has 0 bridgehead atoms. The highest BCUT2D eigenvalue weighted by Crippen LogP contribution is 2.45. The van der Waals surface area contributed by atoms with E-state index in [0.717, 1.165) is 4.90 Å². The fraction of sp³-hybridized carbons (Fsp3) is 0.182. The number of rotatable bonds is 1. The van der Waals surface area contributed by atoms with Crippen LogP contribution in [-0.2, 0) is 0 Å². The van der Waals surface area contributed by atoms with E-state index in [9.17, 15) is 14.9 Å². The molecule has 1 aromatic rings. The lowest BCUT2D eigenvalue weighted by Gasteiger charge is -2.24. The van der Waals surface area contributed by atoms with Gasteiger partial charge in [0.05, 0.1) is 10.2 Å². The summed E-state index contributed by atoms with van der Waals surface area (Å²) in [6, 6.07) is 4.51. The van der Waals surface area contributed by atoms with Gasteiger partial charge in [0.25, 0.3) is 5.69 Å². The smallest absolute Gasteiger partial charge is 0.270 e. The number of carbonyl (C=O) groups excluding carboxylic acids is 1. The van der Waals surface area contributed by atoms with E-state index >= 15 is 0 Å². The van der Waals surface area contributed by atoms with Gasteiger partial charge in [0, 0.05) is 27.8 Å². The molecule has 17 heavy (non-hydrogen) atoms. The summed E-state index contributed by atoms with van der Waals surface area (Å²) >= 11 is 3.09. The maximum absolute atomic E-state index is 12.2. The Kier molecular flexibility index (Phi) is 2.48. The Bertz CT molecular complexity index is 556. The Hall–Kier alpha value is -1.27. The van der Waals surface area contributed by atoms with Gasteiger partial charge in [-0.05, 0) is 11.5 Å². The van der Waals surface area contributed by atoms with Gasteiger partial charge in [-0.2, -0.15) is 0 Å². The van der Waals surface area contributed by atoms with E-state index in [-0.39, 0.29) is 22.0 Å². The molecule has 2 atom stereocenters. The van der Waals surface area contributed by atoms with Gasteiger partial charge in [-0.1, -0.05) is 6.08 Å². The minimum Gasteiger partial charge on any atom is -0.293 e. The van der Waals surface area contributed by atoms with Crippen LogP contribution >= 0.6 is 23.5 Å². The first-order chi connectivity index (χ1) is 8.16. The fourth-order valence-electron chi connectivity index (χ4n) is 1.92. The lowest BCUT2D eigenvalue weighted by molar-refractivity contribution is -0.384. The minimum atomic E-state index is -0.468. The second kappa shape index (κ2) is 3.89. The molecule has 6 heteroatoms. The molecular formula is C11H7NO3S2. The third kappa shape index (κ3) is 1.68. The van der Waals surface area contributed by atoms with Crippen molar-refractivity contribution in [2.75, 3.05) is 0 Å². The SMILES string of the molecule is O=C1c2cc([N+](=O)[O-])ccc2S[C@H]2C=CS[C@@H]12. The maximum Gasteiger partial charge on any atom is 0.270 e. The van der Waals surface area contributed by atoms with Crippen molar-refractivity contribution < 1.29 is 9.72 Å². The Morgan fingerprint density at radius 1 is 1.35 bits per heavy atom. The van der Waals surface area contributed by atoms with Crippen LogP contribution in [0, 0.1) is 10.1 Å². The molecule has 1 aromatic carbocycles. The molecule has 86 valence electrons. The molecular weight excluding hydrogens is 258 g/mol. The van der Waals surface area contributed by atoms with Crippen LogP contribution in [0.3, 0.4) is 0 Å². The molecule has 0 N–H and O–H groups in total. The number of thioether (sulfide) groups is 2. The molecule has 0 saturated heterocycles. The number of hydrogen-bond acceptors (Lipinski definition) is 5. The van der Waals surface area contributed by atoms with Gasteiger partial charge in [-0.3, -0.25) is 14.9 Å². The highest BCUT2D eigenvalue weighted by Gasteiger charge is 2.38. The highest BCUT2D eigenvalue weighted by atomic mass is 32.2. The summed E-state index contributed by atoms with van der Waals surface area (Å²) in [7, 11) is 0. The van der Waals surface area contributed by atoms with Crippen LogP contribution in [0.4, 0.5) is 5.69 Å². The summed E-state index contributed by atoms with van der Waals surface area (Å²) in [6.07, 6.45) is 2.02. The Morgan fingerprint density at radius 3 is 2.94 bits per heavy atom. The number of nitro groups is 1. The molecule has 0 aliphatic carbocycles. The molecule has 3 rings (SSSR count). The molecule has 2 heterocycles. The molecule has 0 unspecified atom stereocenters. The number of hydrogen-bond donors (Lipinski definition) is 0. The van der Waals surface area contributed by atoms with Gasteiger partial charge < -0.3 is 0 Å². The third-order valence-electron chi connectivity index (χ3n) is 2.75. The van der Waals surface area contributed by atoms with Crippen molar-refractivity contribution in [1.82, 2.24) is 0 Å². The number of nitrogens with zero attached hydrogens (tertiary/aromatic N) is 1. The lowest BCUT2D eigenvalue weighted by Crippen LogP contribution is -2.29. The van der Waals surface area contributed by atoms with E-state index in [4.69, 9.17) is 0 Å². The monoisotopic (exact) mass is 265 g/mol. The second-order valence-corrected chi connectivity index (χ2v) is 6.04. The van der Waals surface area contributed by atoms with Crippen molar-refractivity contribution >= 4 is 35.0 Å². The van der Waals surface area contributed by atoms with Crippen LogP contribution in [0.15, 0.2) is 34.6 Å². The Labute approximate surface area is 106 Å². The van der Waals surface area contributed by atoms with E-state index in [1.807, 2.05) is 11.5 Å². The summed E-state index contributed by atoms with van der Waals surface area (Å²) in [5.41, 5.74) is 0.466. The average molecular weight is 265 g/mol. The number of ketones is 1. The zero-order chi connectivity index (χ0) is 12.0. The van der Waals surface area contributed by atoms with Gasteiger partial charge in [0.2, 0.25) is 0 Å². The predicted molar refractivity (Wildman–Crippen MR) is 67.6 cm³/mol. The number of nitro benzene ring substituents is 1. The first kappa shape index (κ1) is 10.9. The van der Waals surface area contributed by atoms with Gasteiger partial charge in [-0.15, -0.1) is 23.5 Å². The van der Waals surface area contributed by atoms with Crippen LogP contribution in [0.2, 0.25) is 0 Å². The number of non-ortho nitro benzene ring substituents is 1. The molecule has 0 spiro atoms. The average Bonchev–Trinajstić information content (AvgIpc) is 2.77. The van der Waals surface area contributed by atoms with Gasteiger partial charge in [-0.25, -0.2) is 0 Å². The molecule has 0 fully saturated rings. The van der Waals surface area contributed by atoms with E-state index in [0.29, 0.717) is 5.56 Å². The first-order valence-corrected chi connectivity index (χ1v) is 6.80. The van der Waals surface area contributed by atoms with Crippen LogP contribution in [0.1, 0.15) is 10.4 Å². The number of fused-ring (bicyclic) bond motifs is 2. The molecule has 2 aliphatic heterocycles. The highest BCUT2D eigenvalue weighted by molar-refractivity contribution is 8.07. The summed E-state index contributed by atoms with van der Waals surface area (Å²) in [6.45, 7) is 0. The first-order valence-electron chi connectivity index (χ1n) is 4.98. The van der Waals surface area contributed by atoms with Crippen LogP contribution in [0.25, 0.3) is 0 Å². The van der Waals surface area contributed by atoms with E-state index in [1.165, 1.54) is 23.9 Å². The van der Waals surface area contributed by atoms with Crippen molar-refractivity contribution in [2.45, 2.75) is 15.4 Å². The van der Waals surface area contributed by atoms with Crippen molar-refractivity contribution in [3.8, 4) is 0 Å². The number of benzene rings is 1. The van der Waals surface area contributed by atoms with Crippen molar-refractivity contribution in [3.63, 3.8) is 0 Å². The molecule has 0 radical (unpaired) electrons. The van der Waals surface area contributed by atoms with Crippen molar-refractivity contribution in [3.05, 3.63) is 45.4 Å². The third-order valence-corrected chi connectivity index (χ3v) is 5.35. The molecule has 0 aromatic heterocycles. The van der Waals surface area contributed by atoms with Crippen LogP contribution < -0.4 is 0 Å². The van der Waals surface area contributed by atoms with E-state index in [1.54, 1.807) is 17.8 Å².